The molecule has 0 N–H and O–H groups in total. The van der Waals surface area contributed by atoms with Crippen molar-refractivity contribution in [1.82, 2.24) is 9.80 Å². The molecule has 0 aromatic heterocycles. The summed E-state index contributed by atoms with van der Waals surface area (Å²) >= 11 is 0. The first kappa shape index (κ1) is 32.4. The van der Waals surface area contributed by atoms with E-state index in [0.29, 0.717) is 6.17 Å². The van der Waals surface area contributed by atoms with Crippen LogP contribution in [0.5, 0.6) is 0 Å². The zero-order valence-electron chi connectivity index (χ0n) is 24.7. The lowest BCUT2D eigenvalue weighted by atomic mass is 10.1. The largest absolute Gasteiger partial charge is 0.356 e. The Bertz CT molecular complexity index is 408. The molecule has 0 atom stereocenters. The molecule has 0 aromatic carbocycles. The Balaban J connectivity index is 1.92. The Morgan fingerprint density at radius 2 is 0.629 bits per heavy atom. The lowest BCUT2D eigenvalue weighted by molar-refractivity contribution is 0.144. The van der Waals surface area contributed by atoms with Crippen LogP contribution < -0.4 is 0 Å². The van der Waals surface area contributed by atoms with Gasteiger partial charge in [0.1, 0.15) is 6.17 Å². The number of hydrogen-bond donors (Lipinski definition) is 0. The Morgan fingerprint density at radius 3 is 0.886 bits per heavy atom. The quantitative estimate of drug-likeness (QED) is 0.106. The third kappa shape index (κ3) is 18.3. The van der Waals surface area contributed by atoms with Crippen LogP contribution in [0.1, 0.15) is 181 Å². The van der Waals surface area contributed by atoms with Gasteiger partial charge in [-0.2, -0.15) is 0 Å². The molecular weight excluding hydrogens is 424 g/mol. The Kier molecular flexibility index (Phi) is 23.1. The summed E-state index contributed by atoms with van der Waals surface area (Å²) in [4.78, 5) is 5.24. The van der Waals surface area contributed by atoms with Crippen molar-refractivity contribution in [1.29, 1.82) is 0 Å². The maximum absolute atomic E-state index is 2.62. The number of rotatable bonds is 27. The highest BCUT2D eigenvalue weighted by molar-refractivity contribution is 4.96. The Morgan fingerprint density at radius 1 is 0.371 bits per heavy atom. The average Bonchev–Trinajstić information content (AvgIpc) is 3.26. The second kappa shape index (κ2) is 25.0. The topological polar surface area (TPSA) is 6.48 Å². The first-order valence-electron chi connectivity index (χ1n) is 16.5. The number of hydrogen-bond acceptors (Lipinski definition) is 2. The first-order chi connectivity index (χ1) is 17.3. The van der Waals surface area contributed by atoms with Gasteiger partial charge in [0, 0.05) is 25.5 Å². The van der Waals surface area contributed by atoms with Gasteiger partial charge in [0.15, 0.2) is 0 Å². The summed E-state index contributed by atoms with van der Waals surface area (Å²) in [7, 11) is 0. The molecule has 0 aromatic rings. The minimum atomic E-state index is 0.621. The van der Waals surface area contributed by atoms with Crippen LogP contribution in [0.3, 0.4) is 0 Å². The molecule has 0 amide bonds. The minimum absolute atomic E-state index is 0.621. The van der Waals surface area contributed by atoms with E-state index < -0.39 is 0 Å². The van der Waals surface area contributed by atoms with Gasteiger partial charge in [0.2, 0.25) is 0 Å². The SMILES string of the molecule is CCCCCCCCCCCCCCN1C=CN(CCCCCCCCCCCCCC)C1CC. The first-order valence-corrected chi connectivity index (χ1v) is 16.5. The zero-order chi connectivity index (χ0) is 25.2. The molecule has 2 nitrogen and oxygen atoms in total. The zero-order valence-corrected chi connectivity index (χ0v) is 24.7. The van der Waals surface area contributed by atoms with Gasteiger partial charge in [-0.15, -0.1) is 0 Å². The third-order valence-corrected chi connectivity index (χ3v) is 8.12. The van der Waals surface area contributed by atoms with Gasteiger partial charge in [0.25, 0.3) is 0 Å². The monoisotopic (exact) mass is 491 g/mol. The normalized spacial score (nSPS) is 14.0. The van der Waals surface area contributed by atoms with Crippen LogP contribution in [0.15, 0.2) is 12.4 Å². The van der Waals surface area contributed by atoms with E-state index in [0.717, 1.165) is 0 Å². The molecule has 0 spiro atoms. The maximum Gasteiger partial charge on any atom is 0.100 e. The standard InChI is InChI=1S/C33H66N2/c1-4-7-9-11-13-15-17-19-21-23-25-27-29-34-31-32-35(33(34)6-3)30-28-26-24-22-20-18-16-14-12-10-8-5-2/h31-33H,4-30H2,1-3H3. The second-order valence-corrected chi connectivity index (χ2v) is 11.4. The van der Waals surface area contributed by atoms with E-state index in [-0.39, 0.29) is 0 Å². The lowest BCUT2D eigenvalue weighted by Gasteiger charge is -2.32. The molecule has 2 heteroatoms. The summed E-state index contributed by atoms with van der Waals surface area (Å²) in [5.74, 6) is 0. The lowest BCUT2D eigenvalue weighted by Crippen LogP contribution is -2.38. The van der Waals surface area contributed by atoms with Crippen LogP contribution in [-0.4, -0.2) is 29.1 Å². The molecule has 0 unspecified atom stereocenters. The fourth-order valence-corrected chi connectivity index (χ4v) is 5.75. The van der Waals surface area contributed by atoms with Crippen molar-refractivity contribution in [3.05, 3.63) is 12.4 Å². The van der Waals surface area contributed by atoms with Gasteiger partial charge in [-0.25, -0.2) is 0 Å². The molecule has 35 heavy (non-hydrogen) atoms. The molecule has 0 saturated heterocycles. The van der Waals surface area contributed by atoms with Gasteiger partial charge in [-0.05, 0) is 19.3 Å². The highest BCUT2D eigenvalue weighted by Gasteiger charge is 2.23. The van der Waals surface area contributed by atoms with E-state index in [9.17, 15) is 0 Å². The van der Waals surface area contributed by atoms with Crippen molar-refractivity contribution in [3.63, 3.8) is 0 Å². The van der Waals surface area contributed by atoms with Crippen molar-refractivity contribution in [2.45, 2.75) is 187 Å². The van der Waals surface area contributed by atoms with Crippen molar-refractivity contribution in [2.75, 3.05) is 13.1 Å². The van der Waals surface area contributed by atoms with Gasteiger partial charge in [0.05, 0.1) is 0 Å². The molecule has 1 aliphatic heterocycles. The molecule has 208 valence electrons. The molecular formula is C33H66N2. The van der Waals surface area contributed by atoms with Crippen molar-refractivity contribution >= 4 is 0 Å². The van der Waals surface area contributed by atoms with Crippen LogP contribution in [0.25, 0.3) is 0 Å². The van der Waals surface area contributed by atoms with Crippen LogP contribution in [0.2, 0.25) is 0 Å². The summed E-state index contributed by atoms with van der Waals surface area (Å²) in [6.07, 6.45) is 41.1. The van der Waals surface area contributed by atoms with Gasteiger partial charge in [-0.1, -0.05) is 162 Å². The van der Waals surface area contributed by atoms with E-state index in [2.05, 4.69) is 43.0 Å². The van der Waals surface area contributed by atoms with E-state index in [1.54, 1.807) is 0 Å². The molecule has 0 bridgehead atoms. The Labute approximate surface area is 222 Å². The van der Waals surface area contributed by atoms with E-state index in [4.69, 9.17) is 0 Å². The van der Waals surface area contributed by atoms with E-state index in [1.165, 1.54) is 174 Å². The summed E-state index contributed by atoms with van der Waals surface area (Å²) in [5, 5.41) is 0. The second-order valence-electron chi connectivity index (χ2n) is 11.4. The van der Waals surface area contributed by atoms with Crippen molar-refractivity contribution < 1.29 is 0 Å². The van der Waals surface area contributed by atoms with Crippen LogP contribution in [0.4, 0.5) is 0 Å². The highest BCUT2D eigenvalue weighted by atomic mass is 15.4. The molecule has 0 aliphatic carbocycles. The predicted octanol–water partition coefficient (Wildman–Crippen LogP) is 11.2. The fraction of sp³-hybridized carbons (Fsp3) is 0.939. The molecule has 1 heterocycles. The molecule has 0 radical (unpaired) electrons. The van der Waals surface area contributed by atoms with Gasteiger partial charge >= 0.3 is 0 Å². The predicted molar refractivity (Wildman–Crippen MR) is 159 cm³/mol. The van der Waals surface area contributed by atoms with Crippen LogP contribution >= 0.6 is 0 Å². The van der Waals surface area contributed by atoms with Crippen molar-refractivity contribution in [2.24, 2.45) is 0 Å². The average molecular weight is 491 g/mol. The highest BCUT2D eigenvalue weighted by Crippen LogP contribution is 2.21. The summed E-state index contributed by atoms with van der Waals surface area (Å²) in [6, 6.07) is 0. The molecule has 0 fully saturated rings. The third-order valence-electron chi connectivity index (χ3n) is 8.12. The Hall–Kier alpha value is -0.660. The smallest absolute Gasteiger partial charge is 0.100 e. The number of nitrogens with zero attached hydrogens (tertiary/aromatic N) is 2. The van der Waals surface area contributed by atoms with Crippen LogP contribution in [-0.2, 0) is 0 Å². The molecule has 1 aliphatic rings. The minimum Gasteiger partial charge on any atom is -0.356 e. The van der Waals surface area contributed by atoms with Crippen molar-refractivity contribution in [3.8, 4) is 0 Å². The summed E-state index contributed by atoms with van der Waals surface area (Å²) in [6.45, 7) is 9.48. The molecule has 0 saturated carbocycles. The number of unbranched alkanes of at least 4 members (excludes halogenated alkanes) is 22. The van der Waals surface area contributed by atoms with Crippen LogP contribution in [0, 0.1) is 0 Å². The summed E-state index contributed by atoms with van der Waals surface area (Å²) < 4.78 is 0. The molecule has 1 rings (SSSR count). The maximum atomic E-state index is 2.62. The van der Waals surface area contributed by atoms with Gasteiger partial charge in [-0.3, -0.25) is 0 Å². The summed E-state index contributed by atoms with van der Waals surface area (Å²) in [5.41, 5.74) is 0. The van der Waals surface area contributed by atoms with E-state index >= 15 is 0 Å². The fourth-order valence-electron chi connectivity index (χ4n) is 5.75. The van der Waals surface area contributed by atoms with E-state index in [1.807, 2.05) is 0 Å². The van der Waals surface area contributed by atoms with Gasteiger partial charge < -0.3 is 9.80 Å².